The third-order valence-electron chi connectivity index (χ3n) is 3.49. The van der Waals surface area contributed by atoms with E-state index >= 15 is 0 Å². The van der Waals surface area contributed by atoms with E-state index in [1.165, 1.54) is 0 Å². The van der Waals surface area contributed by atoms with Crippen molar-refractivity contribution in [1.29, 1.82) is 0 Å². The number of nitrogens with zero attached hydrogens (tertiary/aromatic N) is 1. The average Bonchev–Trinajstić information content (AvgIpc) is 3.09. The molecule has 0 aromatic heterocycles. The second kappa shape index (κ2) is 5.55. The summed E-state index contributed by atoms with van der Waals surface area (Å²) in [6.07, 6.45) is 0.787. The van der Waals surface area contributed by atoms with Crippen molar-refractivity contribution in [3.8, 4) is 0 Å². The minimum absolute atomic E-state index is 0.0492. The number of carbonyl (C=O) groups excluding carboxylic acids is 1. The van der Waals surface area contributed by atoms with Crippen LogP contribution in [0.25, 0.3) is 0 Å². The fraction of sp³-hybridized carbons (Fsp3) is 0.533. The van der Waals surface area contributed by atoms with Gasteiger partial charge in [-0.3, -0.25) is 4.79 Å². The van der Waals surface area contributed by atoms with Gasteiger partial charge in [-0.2, -0.15) is 0 Å². The van der Waals surface area contributed by atoms with Gasteiger partial charge in [0.05, 0.1) is 15.6 Å². The Bertz CT molecular complexity index is 525. The lowest BCUT2D eigenvalue weighted by Gasteiger charge is -2.25. The van der Waals surface area contributed by atoms with Crippen LogP contribution in [-0.2, 0) is 4.79 Å². The largest absolute Gasteiger partial charge is 0.389 e. The Balaban J connectivity index is 2.04. The summed E-state index contributed by atoms with van der Waals surface area (Å²) >= 11 is 12.2. The zero-order valence-corrected chi connectivity index (χ0v) is 13.4. The number of hydrogen-bond acceptors (Lipinski definition) is 2. The Labute approximate surface area is 129 Å². The first-order chi connectivity index (χ1) is 9.20. The molecule has 3 nitrogen and oxygen atoms in total. The first kappa shape index (κ1) is 15.6. The van der Waals surface area contributed by atoms with Crippen molar-refractivity contribution in [1.82, 2.24) is 4.90 Å². The number of likely N-dealkylation sites (N-methyl/N-ethyl adjacent to an activating group) is 1. The predicted octanol–water partition coefficient (Wildman–Crippen LogP) is 3.33. The highest BCUT2D eigenvalue weighted by Gasteiger charge is 2.46. The minimum atomic E-state index is -0.886. The highest BCUT2D eigenvalue weighted by molar-refractivity contribution is 6.42. The van der Waals surface area contributed by atoms with Crippen molar-refractivity contribution in [3.05, 3.63) is 33.8 Å². The molecule has 0 aliphatic heterocycles. The molecule has 0 radical (unpaired) electrons. The molecular weight excluding hydrogens is 297 g/mol. The van der Waals surface area contributed by atoms with E-state index in [2.05, 4.69) is 0 Å². The molecule has 1 saturated carbocycles. The molecule has 0 saturated heterocycles. The molecule has 1 aliphatic rings. The van der Waals surface area contributed by atoms with Gasteiger partial charge in [0.2, 0.25) is 5.91 Å². The lowest BCUT2D eigenvalue weighted by atomic mass is 10.1. The maximum absolute atomic E-state index is 12.3. The van der Waals surface area contributed by atoms with E-state index in [9.17, 15) is 9.90 Å². The molecule has 5 heteroatoms. The van der Waals surface area contributed by atoms with E-state index in [4.69, 9.17) is 23.2 Å². The quantitative estimate of drug-likeness (QED) is 0.925. The van der Waals surface area contributed by atoms with Crippen LogP contribution >= 0.6 is 23.2 Å². The molecule has 0 heterocycles. The first-order valence-electron chi connectivity index (χ1n) is 6.62. The number of amides is 1. The van der Waals surface area contributed by atoms with Gasteiger partial charge in [-0.15, -0.1) is 0 Å². The van der Waals surface area contributed by atoms with Crippen LogP contribution in [0.15, 0.2) is 18.2 Å². The molecular formula is C15H19Cl2NO2. The van der Waals surface area contributed by atoms with Crippen LogP contribution in [0.2, 0.25) is 10.0 Å². The molecule has 1 amide bonds. The standard InChI is InChI=1S/C15H19Cl2NO2/c1-15(2,20)8-18(3)14(19)11-7-10(11)9-5-4-6-12(16)13(9)17/h4-6,10-11,20H,7-8H2,1-3H3. The van der Waals surface area contributed by atoms with E-state index in [1.54, 1.807) is 31.9 Å². The normalized spacial score (nSPS) is 21.7. The maximum atomic E-state index is 12.3. The molecule has 2 atom stereocenters. The second-order valence-corrected chi connectivity index (χ2v) is 6.88. The average molecular weight is 316 g/mol. The number of halogens is 2. The molecule has 110 valence electrons. The van der Waals surface area contributed by atoms with Gasteiger partial charge < -0.3 is 10.0 Å². The topological polar surface area (TPSA) is 40.5 Å². The summed E-state index contributed by atoms with van der Waals surface area (Å²) in [5.41, 5.74) is 0.0526. The summed E-state index contributed by atoms with van der Waals surface area (Å²) in [4.78, 5) is 13.9. The first-order valence-corrected chi connectivity index (χ1v) is 7.37. The lowest BCUT2D eigenvalue weighted by molar-refractivity contribution is -0.134. The van der Waals surface area contributed by atoms with Crippen LogP contribution in [0.5, 0.6) is 0 Å². The van der Waals surface area contributed by atoms with E-state index in [1.807, 2.05) is 12.1 Å². The van der Waals surface area contributed by atoms with E-state index in [0.29, 0.717) is 16.6 Å². The van der Waals surface area contributed by atoms with Gasteiger partial charge >= 0.3 is 0 Å². The highest BCUT2D eigenvalue weighted by atomic mass is 35.5. The predicted molar refractivity (Wildman–Crippen MR) is 81.2 cm³/mol. The van der Waals surface area contributed by atoms with Gasteiger partial charge in [0.25, 0.3) is 0 Å². The van der Waals surface area contributed by atoms with E-state index < -0.39 is 5.60 Å². The Morgan fingerprint density at radius 3 is 2.70 bits per heavy atom. The highest BCUT2D eigenvalue weighted by Crippen LogP contribution is 2.51. The van der Waals surface area contributed by atoms with Gasteiger partial charge in [-0.25, -0.2) is 0 Å². The molecule has 1 aromatic carbocycles. The Morgan fingerprint density at radius 2 is 2.10 bits per heavy atom. The molecule has 1 N–H and O–H groups in total. The molecule has 0 spiro atoms. The lowest BCUT2D eigenvalue weighted by Crippen LogP contribution is -2.40. The molecule has 2 rings (SSSR count). The van der Waals surface area contributed by atoms with Crippen molar-refractivity contribution < 1.29 is 9.90 Å². The fourth-order valence-electron chi connectivity index (χ4n) is 2.56. The van der Waals surface area contributed by atoms with Crippen LogP contribution in [0.4, 0.5) is 0 Å². The van der Waals surface area contributed by atoms with Gasteiger partial charge in [0, 0.05) is 19.5 Å². The van der Waals surface area contributed by atoms with Crippen LogP contribution in [-0.4, -0.2) is 35.1 Å². The van der Waals surface area contributed by atoms with Crippen LogP contribution in [0.1, 0.15) is 31.7 Å². The molecule has 2 unspecified atom stereocenters. The van der Waals surface area contributed by atoms with E-state index in [0.717, 1.165) is 12.0 Å². The van der Waals surface area contributed by atoms with Gasteiger partial charge in [0.15, 0.2) is 0 Å². The van der Waals surface area contributed by atoms with Gasteiger partial charge in [0.1, 0.15) is 0 Å². The van der Waals surface area contributed by atoms with Crippen molar-refractivity contribution in [2.75, 3.05) is 13.6 Å². The minimum Gasteiger partial charge on any atom is -0.389 e. The number of hydrogen-bond donors (Lipinski definition) is 1. The third-order valence-corrected chi connectivity index (χ3v) is 4.32. The number of aliphatic hydroxyl groups is 1. The monoisotopic (exact) mass is 315 g/mol. The Morgan fingerprint density at radius 1 is 1.45 bits per heavy atom. The van der Waals surface area contributed by atoms with Crippen molar-refractivity contribution in [3.63, 3.8) is 0 Å². The van der Waals surface area contributed by atoms with Crippen LogP contribution in [0.3, 0.4) is 0 Å². The summed E-state index contributed by atoms with van der Waals surface area (Å²) < 4.78 is 0. The van der Waals surface area contributed by atoms with Gasteiger partial charge in [-0.05, 0) is 37.8 Å². The molecule has 0 bridgehead atoms. The Hall–Kier alpha value is -0.770. The number of rotatable bonds is 4. The molecule has 20 heavy (non-hydrogen) atoms. The van der Waals surface area contributed by atoms with Gasteiger partial charge in [-0.1, -0.05) is 35.3 Å². The molecule has 1 fully saturated rings. The van der Waals surface area contributed by atoms with Crippen molar-refractivity contribution in [2.24, 2.45) is 5.92 Å². The number of carbonyl (C=O) groups is 1. The second-order valence-electron chi connectivity index (χ2n) is 6.10. The molecule has 1 aliphatic carbocycles. The summed E-state index contributed by atoms with van der Waals surface area (Å²) in [6.45, 7) is 3.70. The summed E-state index contributed by atoms with van der Waals surface area (Å²) in [5, 5.41) is 10.8. The van der Waals surface area contributed by atoms with E-state index in [-0.39, 0.29) is 17.7 Å². The zero-order chi connectivity index (χ0) is 15.1. The maximum Gasteiger partial charge on any atom is 0.226 e. The third kappa shape index (κ3) is 3.46. The zero-order valence-electron chi connectivity index (χ0n) is 11.9. The number of benzene rings is 1. The summed E-state index contributed by atoms with van der Waals surface area (Å²) in [6, 6.07) is 5.51. The summed E-state index contributed by atoms with van der Waals surface area (Å²) in [7, 11) is 1.72. The van der Waals surface area contributed by atoms with Crippen molar-refractivity contribution in [2.45, 2.75) is 31.8 Å². The fourth-order valence-corrected chi connectivity index (χ4v) is 3.01. The summed E-state index contributed by atoms with van der Waals surface area (Å²) in [5.74, 6) is 0.129. The van der Waals surface area contributed by atoms with Crippen LogP contribution in [0, 0.1) is 5.92 Å². The smallest absolute Gasteiger partial charge is 0.226 e. The van der Waals surface area contributed by atoms with Crippen LogP contribution < -0.4 is 0 Å². The Kier molecular flexibility index (Phi) is 4.33. The SMILES string of the molecule is CN(CC(C)(C)O)C(=O)C1CC1c1cccc(Cl)c1Cl. The molecule has 1 aromatic rings. The van der Waals surface area contributed by atoms with Crippen molar-refractivity contribution >= 4 is 29.1 Å².